The number of hydrogen-bond donors (Lipinski definition) is 2. The second-order valence-corrected chi connectivity index (χ2v) is 4.23. The molecule has 0 unspecified atom stereocenters. The molecule has 0 aliphatic rings. The van der Waals surface area contributed by atoms with Crippen LogP contribution in [0.25, 0.3) is 11.1 Å². The highest BCUT2D eigenvalue weighted by molar-refractivity contribution is 6.43. The lowest BCUT2D eigenvalue weighted by Crippen LogP contribution is -1.94. The third-order valence-corrected chi connectivity index (χ3v) is 3.17. The number of hydrogen-bond acceptors (Lipinski definition) is 2. The first kappa shape index (κ1) is 11.1. The SMILES string of the molecule is Nc1ccc(-c2cccc(Cl)c2Cl)cc1N. The standard InChI is InChI=1S/C12H10Cl2N2/c13-9-3-1-2-8(12(9)14)7-4-5-10(15)11(16)6-7/h1-6H,15-16H2. The number of halogens is 2. The summed E-state index contributed by atoms with van der Waals surface area (Å²) in [7, 11) is 0. The summed E-state index contributed by atoms with van der Waals surface area (Å²) in [5, 5.41) is 1.04. The molecule has 0 aliphatic carbocycles. The minimum atomic E-state index is 0.522. The Morgan fingerprint density at radius 2 is 1.62 bits per heavy atom. The van der Waals surface area contributed by atoms with Gasteiger partial charge in [0.25, 0.3) is 0 Å². The Labute approximate surface area is 104 Å². The lowest BCUT2D eigenvalue weighted by molar-refractivity contribution is 1.60. The molecule has 4 N–H and O–H groups in total. The van der Waals surface area contributed by atoms with E-state index in [0.717, 1.165) is 11.1 Å². The molecule has 0 atom stereocenters. The maximum Gasteiger partial charge on any atom is 0.0670 e. The van der Waals surface area contributed by atoms with Gasteiger partial charge in [0.2, 0.25) is 0 Å². The van der Waals surface area contributed by atoms with E-state index in [1.54, 1.807) is 18.2 Å². The van der Waals surface area contributed by atoms with Crippen molar-refractivity contribution >= 4 is 34.6 Å². The molecule has 0 spiro atoms. The Kier molecular flexibility index (Phi) is 2.95. The number of rotatable bonds is 1. The van der Waals surface area contributed by atoms with Crippen molar-refractivity contribution in [3.05, 3.63) is 46.4 Å². The van der Waals surface area contributed by atoms with Gasteiger partial charge in [-0.2, -0.15) is 0 Å². The van der Waals surface area contributed by atoms with E-state index in [2.05, 4.69) is 0 Å². The van der Waals surface area contributed by atoms with Crippen molar-refractivity contribution in [2.24, 2.45) is 0 Å². The van der Waals surface area contributed by atoms with Gasteiger partial charge in [-0.05, 0) is 23.8 Å². The highest BCUT2D eigenvalue weighted by Gasteiger charge is 2.07. The van der Waals surface area contributed by atoms with Gasteiger partial charge < -0.3 is 11.5 Å². The Morgan fingerprint density at radius 3 is 2.31 bits per heavy atom. The summed E-state index contributed by atoms with van der Waals surface area (Å²) in [6.45, 7) is 0. The van der Waals surface area contributed by atoms with E-state index in [0.29, 0.717) is 21.4 Å². The molecule has 16 heavy (non-hydrogen) atoms. The molecular weight excluding hydrogens is 243 g/mol. The largest absolute Gasteiger partial charge is 0.397 e. The zero-order chi connectivity index (χ0) is 11.7. The number of anilines is 2. The predicted molar refractivity (Wildman–Crippen MR) is 70.7 cm³/mol. The van der Waals surface area contributed by atoms with Gasteiger partial charge in [0.05, 0.1) is 21.4 Å². The van der Waals surface area contributed by atoms with E-state index < -0.39 is 0 Å². The second-order valence-electron chi connectivity index (χ2n) is 3.45. The second kappa shape index (κ2) is 4.24. The molecule has 0 fully saturated rings. The summed E-state index contributed by atoms with van der Waals surface area (Å²) in [5.74, 6) is 0. The predicted octanol–water partition coefficient (Wildman–Crippen LogP) is 3.82. The molecule has 0 heterocycles. The molecule has 4 heteroatoms. The minimum Gasteiger partial charge on any atom is -0.397 e. The van der Waals surface area contributed by atoms with Crippen molar-refractivity contribution in [1.29, 1.82) is 0 Å². The molecule has 2 aromatic carbocycles. The van der Waals surface area contributed by atoms with Crippen LogP contribution in [0.1, 0.15) is 0 Å². The first-order valence-corrected chi connectivity index (χ1v) is 5.44. The normalized spacial score (nSPS) is 10.4. The van der Waals surface area contributed by atoms with E-state index >= 15 is 0 Å². The van der Waals surface area contributed by atoms with Crippen LogP contribution in [0.15, 0.2) is 36.4 Å². The topological polar surface area (TPSA) is 52.0 Å². The van der Waals surface area contributed by atoms with Crippen LogP contribution >= 0.6 is 23.2 Å². The molecule has 0 aromatic heterocycles. The summed E-state index contributed by atoms with van der Waals surface area (Å²) in [4.78, 5) is 0. The van der Waals surface area contributed by atoms with Crippen LogP contribution in [0.2, 0.25) is 10.0 Å². The van der Waals surface area contributed by atoms with Gasteiger partial charge in [0.15, 0.2) is 0 Å². The molecule has 82 valence electrons. The molecule has 2 aromatic rings. The van der Waals surface area contributed by atoms with Crippen molar-refractivity contribution in [3.8, 4) is 11.1 Å². The summed E-state index contributed by atoms with van der Waals surface area (Å²) in [6.07, 6.45) is 0. The number of nitrogens with two attached hydrogens (primary N) is 2. The molecule has 0 bridgehead atoms. The molecule has 0 saturated carbocycles. The van der Waals surface area contributed by atoms with Crippen molar-refractivity contribution in [1.82, 2.24) is 0 Å². The van der Waals surface area contributed by atoms with Crippen LogP contribution < -0.4 is 11.5 Å². The Balaban J connectivity index is 2.59. The highest BCUT2D eigenvalue weighted by Crippen LogP contribution is 2.34. The zero-order valence-electron chi connectivity index (χ0n) is 8.37. The first-order chi connectivity index (χ1) is 7.59. The van der Waals surface area contributed by atoms with Gasteiger partial charge in [-0.25, -0.2) is 0 Å². The Hall–Kier alpha value is -1.38. The van der Waals surface area contributed by atoms with Crippen LogP contribution in [0.5, 0.6) is 0 Å². The van der Waals surface area contributed by atoms with E-state index in [4.69, 9.17) is 34.7 Å². The average molecular weight is 253 g/mol. The van der Waals surface area contributed by atoms with Crippen LogP contribution in [0, 0.1) is 0 Å². The fourth-order valence-corrected chi connectivity index (χ4v) is 1.88. The molecular formula is C12H10Cl2N2. The average Bonchev–Trinajstić information content (AvgIpc) is 2.26. The van der Waals surface area contributed by atoms with Crippen LogP contribution in [0.3, 0.4) is 0 Å². The fourth-order valence-electron chi connectivity index (χ4n) is 1.47. The van der Waals surface area contributed by atoms with Gasteiger partial charge in [-0.3, -0.25) is 0 Å². The molecule has 2 rings (SSSR count). The van der Waals surface area contributed by atoms with E-state index in [1.165, 1.54) is 0 Å². The lowest BCUT2D eigenvalue weighted by Gasteiger charge is -2.08. The van der Waals surface area contributed by atoms with Crippen LogP contribution in [-0.4, -0.2) is 0 Å². The third kappa shape index (κ3) is 1.94. The first-order valence-electron chi connectivity index (χ1n) is 4.69. The maximum atomic E-state index is 6.12. The molecule has 0 saturated heterocycles. The monoisotopic (exact) mass is 252 g/mol. The molecule has 0 amide bonds. The van der Waals surface area contributed by atoms with E-state index in [-0.39, 0.29) is 0 Å². The van der Waals surface area contributed by atoms with Gasteiger partial charge >= 0.3 is 0 Å². The van der Waals surface area contributed by atoms with Crippen LogP contribution in [0.4, 0.5) is 11.4 Å². The summed E-state index contributed by atoms with van der Waals surface area (Å²) < 4.78 is 0. The Bertz CT molecular complexity index is 539. The van der Waals surface area contributed by atoms with Crippen molar-refractivity contribution in [3.63, 3.8) is 0 Å². The number of benzene rings is 2. The molecule has 2 nitrogen and oxygen atoms in total. The summed E-state index contributed by atoms with van der Waals surface area (Å²) in [5.41, 5.74) is 14.2. The van der Waals surface area contributed by atoms with Crippen molar-refractivity contribution in [2.75, 3.05) is 11.5 Å². The van der Waals surface area contributed by atoms with Crippen molar-refractivity contribution < 1.29 is 0 Å². The molecule has 0 radical (unpaired) electrons. The van der Waals surface area contributed by atoms with Gasteiger partial charge in [-0.15, -0.1) is 0 Å². The highest BCUT2D eigenvalue weighted by atomic mass is 35.5. The van der Waals surface area contributed by atoms with Crippen LogP contribution in [-0.2, 0) is 0 Å². The third-order valence-electron chi connectivity index (χ3n) is 2.35. The van der Waals surface area contributed by atoms with E-state index in [1.807, 2.05) is 18.2 Å². The Morgan fingerprint density at radius 1 is 0.875 bits per heavy atom. The zero-order valence-corrected chi connectivity index (χ0v) is 9.89. The minimum absolute atomic E-state index is 0.522. The van der Waals surface area contributed by atoms with E-state index in [9.17, 15) is 0 Å². The van der Waals surface area contributed by atoms with Gasteiger partial charge in [0, 0.05) is 5.56 Å². The van der Waals surface area contributed by atoms with Gasteiger partial charge in [0.1, 0.15) is 0 Å². The lowest BCUT2D eigenvalue weighted by atomic mass is 10.0. The smallest absolute Gasteiger partial charge is 0.0670 e. The summed E-state index contributed by atoms with van der Waals surface area (Å²) >= 11 is 12.1. The maximum absolute atomic E-state index is 6.12. The number of nitrogen functional groups attached to an aromatic ring is 2. The van der Waals surface area contributed by atoms with Gasteiger partial charge in [-0.1, -0.05) is 41.4 Å². The quantitative estimate of drug-likeness (QED) is 0.759. The molecule has 0 aliphatic heterocycles. The fraction of sp³-hybridized carbons (Fsp3) is 0. The van der Waals surface area contributed by atoms with Crippen molar-refractivity contribution in [2.45, 2.75) is 0 Å². The summed E-state index contributed by atoms with van der Waals surface area (Å²) in [6, 6.07) is 10.9.